The summed E-state index contributed by atoms with van der Waals surface area (Å²) in [7, 11) is -3.85. The van der Waals surface area contributed by atoms with E-state index in [2.05, 4.69) is 0 Å². The van der Waals surface area contributed by atoms with E-state index in [-0.39, 0.29) is 54.9 Å². The molecule has 1 aliphatic heterocycles. The Kier molecular flexibility index (Phi) is 6.46. The van der Waals surface area contributed by atoms with E-state index in [1.54, 1.807) is 17.0 Å². The molecule has 0 N–H and O–H groups in total. The van der Waals surface area contributed by atoms with Gasteiger partial charge >= 0.3 is 0 Å². The van der Waals surface area contributed by atoms with E-state index in [0.717, 1.165) is 6.07 Å². The first-order chi connectivity index (χ1) is 13.8. The molecule has 3 rings (SSSR count). The third kappa shape index (κ3) is 4.72. The Balaban J connectivity index is 1.95. The minimum atomic E-state index is -3.85. The summed E-state index contributed by atoms with van der Waals surface area (Å²) >= 11 is 0. The molecular formula is C19H22FN3O5S. The molecule has 0 aromatic heterocycles. The van der Waals surface area contributed by atoms with Gasteiger partial charge < -0.3 is 9.64 Å². The number of benzene rings is 2. The molecule has 156 valence electrons. The van der Waals surface area contributed by atoms with Crippen molar-refractivity contribution in [1.29, 1.82) is 0 Å². The van der Waals surface area contributed by atoms with E-state index < -0.39 is 14.9 Å². The van der Waals surface area contributed by atoms with Gasteiger partial charge in [-0.2, -0.15) is 4.31 Å². The average molecular weight is 423 g/mol. The van der Waals surface area contributed by atoms with Gasteiger partial charge in [-0.25, -0.2) is 12.8 Å². The summed E-state index contributed by atoms with van der Waals surface area (Å²) < 4.78 is 45.6. The van der Waals surface area contributed by atoms with Crippen LogP contribution in [0.4, 0.5) is 15.8 Å². The van der Waals surface area contributed by atoms with Crippen LogP contribution in [0.2, 0.25) is 0 Å². The Hall–Kier alpha value is -2.56. The maximum atomic E-state index is 13.5. The largest absolute Gasteiger partial charge is 0.379 e. The maximum absolute atomic E-state index is 13.5. The van der Waals surface area contributed by atoms with Gasteiger partial charge in [-0.15, -0.1) is 0 Å². The van der Waals surface area contributed by atoms with Crippen molar-refractivity contribution in [3.63, 3.8) is 0 Å². The summed E-state index contributed by atoms with van der Waals surface area (Å²) in [5.74, 6) is -0.389. The molecule has 1 fully saturated rings. The number of hydrogen-bond donors (Lipinski definition) is 0. The van der Waals surface area contributed by atoms with Crippen LogP contribution in [0.25, 0.3) is 0 Å². The fraction of sp³-hybridized carbons (Fsp3) is 0.368. The lowest BCUT2D eigenvalue weighted by atomic mass is 10.1. The number of anilines is 1. The second-order valence-corrected chi connectivity index (χ2v) is 8.51. The number of sulfonamides is 1. The summed E-state index contributed by atoms with van der Waals surface area (Å²) in [5.41, 5.74) is 0.631. The molecule has 1 saturated heterocycles. The number of rotatable bonds is 7. The van der Waals surface area contributed by atoms with Crippen LogP contribution in [0.1, 0.15) is 12.5 Å². The standard InChI is InChI=1S/C19H22FN3O5S/c1-2-21(14-15-4-3-5-16(20)12-15)18-7-6-17(13-19(18)23(24)25)29(26,27)22-8-10-28-11-9-22/h3-7,12-13H,2,8-11,14H2,1H3. The first kappa shape index (κ1) is 21.2. The summed E-state index contributed by atoms with van der Waals surface area (Å²) in [6, 6.07) is 9.91. The zero-order valence-corrected chi connectivity index (χ0v) is 16.8. The maximum Gasteiger partial charge on any atom is 0.293 e. The Morgan fingerprint density at radius 1 is 1.21 bits per heavy atom. The van der Waals surface area contributed by atoms with Gasteiger partial charge in [0.25, 0.3) is 5.69 Å². The molecule has 0 aliphatic carbocycles. The zero-order chi connectivity index (χ0) is 21.0. The van der Waals surface area contributed by atoms with Crippen molar-refractivity contribution in [3.05, 3.63) is 64.0 Å². The van der Waals surface area contributed by atoms with Crippen molar-refractivity contribution in [3.8, 4) is 0 Å². The van der Waals surface area contributed by atoms with Gasteiger partial charge in [0.15, 0.2) is 0 Å². The monoisotopic (exact) mass is 423 g/mol. The lowest BCUT2D eigenvalue weighted by molar-refractivity contribution is -0.384. The fourth-order valence-corrected chi connectivity index (χ4v) is 4.66. The number of nitro groups is 1. The minimum Gasteiger partial charge on any atom is -0.379 e. The van der Waals surface area contributed by atoms with E-state index in [9.17, 15) is 22.9 Å². The third-order valence-electron chi connectivity index (χ3n) is 4.74. The number of halogens is 1. The molecule has 0 amide bonds. The molecule has 8 nitrogen and oxygen atoms in total. The molecular weight excluding hydrogens is 401 g/mol. The highest BCUT2D eigenvalue weighted by atomic mass is 32.2. The third-order valence-corrected chi connectivity index (χ3v) is 6.63. The normalized spacial score (nSPS) is 15.2. The molecule has 1 heterocycles. The van der Waals surface area contributed by atoms with Gasteiger partial charge in [0, 0.05) is 32.2 Å². The number of morpholine rings is 1. The van der Waals surface area contributed by atoms with Crippen LogP contribution in [0.5, 0.6) is 0 Å². The van der Waals surface area contributed by atoms with E-state index in [0.29, 0.717) is 12.1 Å². The van der Waals surface area contributed by atoms with Crippen molar-refractivity contribution in [2.24, 2.45) is 0 Å². The molecule has 2 aromatic carbocycles. The summed E-state index contributed by atoms with van der Waals surface area (Å²) in [6.45, 7) is 3.49. The van der Waals surface area contributed by atoms with Gasteiger partial charge in [-0.1, -0.05) is 12.1 Å². The predicted molar refractivity (Wildman–Crippen MR) is 106 cm³/mol. The van der Waals surface area contributed by atoms with Crippen LogP contribution in [0.3, 0.4) is 0 Å². The lowest BCUT2D eigenvalue weighted by Gasteiger charge is -2.27. The van der Waals surface area contributed by atoms with Crippen LogP contribution in [-0.2, 0) is 21.3 Å². The van der Waals surface area contributed by atoms with Crippen LogP contribution in [-0.4, -0.2) is 50.5 Å². The SMILES string of the molecule is CCN(Cc1cccc(F)c1)c1ccc(S(=O)(=O)N2CCOCC2)cc1[N+](=O)[O-]. The zero-order valence-electron chi connectivity index (χ0n) is 16.0. The highest BCUT2D eigenvalue weighted by Gasteiger charge is 2.29. The Labute approximate surface area is 168 Å². The van der Waals surface area contributed by atoms with Gasteiger partial charge in [0.1, 0.15) is 11.5 Å². The van der Waals surface area contributed by atoms with Gasteiger partial charge in [-0.05, 0) is 36.8 Å². The second kappa shape index (κ2) is 8.85. The predicted octanol–water partition coefficient (Wildman–Crippen LogP) is 2.78. The smallest absolute Gasteiger partial charge is 0.293 e. The van der Waals surface area contributed by atoms with Crippen molar-refractivity contribution < 1.29 is 22.5 Å². The summed E-state index contributed by atoms with van der Waals surface area (Å²) in [5, 5.41) is 11.7. The summed E-state index contributed by atoms with van der Waals surface area (Å²) in [6.07, 6.45) is 0. The minimum absolute atomic E-state index is 0.128. The average Bonchev–Trinajstić information content (AvgIpc) is 2.72. The molecule has 2 aromatic rings. The van der Waals surface area contributed by atoms with E-state index in [4.69, 9.17) is 4.74 Å². The topological polar surface area (TPSA) is 93.0 Å². The van der Waals surface area contributed by atoms with Crippen LogP contribution in [0.15, 0.2) is 47.4 Å². The first-order valence-electron chi connectivity index (χ1n) is 9.18. The van der Waals surface area contributed by atoms with E-state index in [1.807, 2.05) is 6.92 Å². The van der Waals surface area contributed by atoms with Crippen LogP contribution < -0.4 is 4.90 Å². The second-order valence-electron chi connectivity index (χ2n) is 6.57. The molecule has 0 atom stereocenters. The van der Waals surface area contributed by atoms with Crippen molar-refractivity contribution in [2.75, 3.05) is 37.7 Å². The first-order valence-corrected chi connectivity index (χ1v) is 10.6. The van der Waals surface area contributed by atoms with Crippen LogP contribution in [0, 0.1) is 15.9 Å². The number of nitro benzene ring substituents is 1. The highest BCUT2D eigenvalue weighted by molar-refractivity contribution is 7.89. The number of hydrogen-bond acceptors (Lipinski definition) is 6. The Bertz CT molecular complexity index is 993. The fourth-order valence-electron chi connectivity index (χ4n) is 3.24. The lowest BCUT2D eigenvalue weighted by Crippen LogP contribution is -2.40. The Morgan fingerprint density at radius 2 is 1.93 bits per heavy atom. The van der Waals surface area contributed by atoms with Gasteiger partial charge in [0.2, 0.25) is 10.0 Å². The highest BCUT2D eigenvalue weighted by Crippen LogP contribution is 2.33. The number of nitrogens with zero attached hydrogens (tertiary/aromatic N) is 3. The van der Waals surface area contributed by atoms with Crippen molar-refractivity contribution in [1.82, 2.24) is 4.31 Å². The van der Waals surface area contributed by atoms with E-state index >= 15 is 0 Å². The molecule has 10 heteroatoms. The molecule has 0 unspecified atom stereocenters. The summed E-state index contributed by atoms with van der Waals surface area (Å²) in [4.78, 5) is 12.7. The Morgan fingerprint density at radius 3 is 2.55 bits per heavy atom. The van der Waals surface area contributed by atoms with Crippen LogP contribution >= 0.6 is 0 Å². The van der Waals surface area contributed by atoms with Gasteiger partial charge in [-0.3, -0.25) is 10.1 Å². The van der Waals surface area contributed by atoms with Crippen molar-refractivity contribution >= 4 is 21.4 Å². The molecule has 0 spiro atoms. The van der Waals surface area contributed by atoms with E-state index in [1.165, 1.54) is 28.6 Å². The molecule has 29 heavy (non-hydrogen) atoms. The quantitative estimate of drug-likeness (QED) is 0.502. The van der Waals surface area contributed by atoms with Crippen molar-refractivity contribution in [2.45, 2.75) is 18.4 Å². The number of ether oxygens (including phenoxy) is 1. The molecule has 1 aliphatic rings. The molecule has 0 bridgehead atoms. The van der Waals surface area contributed by atoms with Gasteiger partial charge in [0.05, 0.1) is 23.0 Å². The molecule has 0 saturated carbocycles. The molecule has 0 radical (unpaired) electrons.